The van der Waals surface area contributed by atoms with E-state index in [1.807, 2.05) is 6.07 Å². The SMILES string of the molecule is CCC(CC)N(CC(C)C)c1ccncc1C(=O)O. The van der Waals surface area contributed by atoms with Crippen LogP contribution in [0.3, 0.4) is 0 Å². The van der Waals surface area contributed by atoms with Gasteiger partial charge in [0.25, 0.3) is 0 Å². The highest BCUT2D eigenvalue weighted by molar-refractivity contribution is 5.94. The molecule has 1 aromatic rings. The van der Waals surface area contributed by atoms with Gasteiger partial charge < -0.3 is 10.0 Å². The number of anilines is 1. The Morgan fingerprint density at radius 3 is 2.47 bits per heavy atom. The molecule has 0 atom stereocenters. The van der Waals surface area contributed by atoms with E-state index in [-0.39, 0.29) is 5.56 Å². The van der Waals surface area contributed by atoms with Crippen LogP contribution in [0.2, 0.25) is 0 Å². The minimum absolute atomic E-state index is 0.287. The summed E-state index contributed by atoms with van der Waals surface area (Å²) in [6, 6.07) is 2.17. The first-order valence-corrected chi connectivity index (χ1v) is 6.95. The van der Waals surface area contributed by atoms with Crippen molar-refractivity contribution in [2.24, 2.45) is 5.92 Å². The quantitative estimate of drug-likeness (QED) is 0.819. The van der Waals surface area contributed by atoms with Gasteiger partial charge in [-0.2, -0.15) is 0 Å². The van der Waals surface area contributed by atoms with Gasteiger partial charge in [-0.05, 0) is 24.8 Å². The van der Waals surface area contributed by atoms with Gasteiger partial charge in [0.2, 0.25) is 0 Å². The highest BCUT2D eigenvalue weighted by Crippen LogP contribution is 2.25. The molecule has 1 N–H and O–H groups in total. The first-order chi connectivity index (χ1) is 9.01. The molecule has 0 bridgehead atoms. The van der Waals surface area contributed by atoms with Crippen LogP contribution in [-0.4, -0.2) is 28.6 Å². The molecule has 1 rings (SSSR count). The monoisotopic (exact) mass is 264 g/mol. The third-order valence-corrected chi connectivity index (χ3v) is 3.28. The van der Waals surface area contributed by atoms with Crippen molar-refractivity contribution in [2.75, 3.05) is 11.4 Å². The Hall–Kier alpha value is -1.58. The second-order valence-corrected chi connectivity index (χ2v) is 5.21. The summed E-state index contributed by atoms with van der Waals surface area (Å²) < 4.78 is 0. The van der Waals surface area contributed by atoms with E-state index in [4.69, 9.17) is 0 Å². The number of nitrogens with zero attached hydrogens (tertiary/aromatic N) is 2. The number of hydrogen-bond donors (Lipinski definition) is 1. The highest BCUT2D eigenvalue weighted by Gasteiger charge is 2.22. The minimum Gasteiger partial charge on any atom is -0.478 e. The van der Waals surface area contributed by atoms with Crippen LogP contribution >= 0.6 is 0 Å². The van der Waals surface area contributed by atoms with Gasteiger partial charge in [-0.3, -0.25) is 4.98 Å². The molecular weight excluding hydrogens is 240 g/mol. The summed E-state index contributed by atoms with van der Waals surface area (Å²) in [6.07, 6.45) is 5.11. The fourth-order valence-corrected chi connectivity index (χ4v) is 2.37. The Kier molecular flexibility index (Phi) is 5.80. The normalized spacial score (nSPS) is 11.1. The molecule has 106 valence electrons. The van der Waals surface area contributed by atoms with Crippen LogP contribution in [0.15, 0.2) is 18.5 Å². The van der Waals surface area contributed by atoms with E-state index in [0.717, 1.165) is 25.1 Å². The van der Waals surface area contributed by atoms with Crippen LogP contribution in [0.25, 0.3) is 0 Å². The first kappa shape index (κ1) is 15.5. The molecule has 0 unspecified atom stereocenters. The lowest BCUT2D eigenvalue weighted by Gasteiger charge is -2.34. The molecule has 4 heteroatoms. The molecule has 1 aromatic heterocycles. The molecule has 0 aliphatic carbocycles. The van der Waals surface area contributed by atoms with Crippen LogP contribution in [0, 0.1) is 5.92 Å². The van der Waals surface area contributed by atoms with Crippen LogP contribution in [0.5, 0.6) is 0 Å². The smallest absolute Gasteiger partial charge is 0.339 e. The molecule has 0 saturated heterocycles. The Morgan fingerprint density at radius 1 is 1.37 bits per heavy atom. The van der Waals surface area contributed by atoms with Gasteiger partial charge in [-0.25, -0.2) is 4.79 Å². The largest absolute Gasteiger partial charge is 0.478 e. The van der Waals surface area contributed by atoms with Gasteiger partial charge in [0.15, 0.2) is 0 Å². The lowest BCUT2D eigenvalue weighted by molar-refractivity contribution is 0.0697. The molecule has 4 nitrogen and oxygen atoms in total. The predicted molar refractivity (Wildman–Crippen MR) is 77.8 cm³/mol. The zero-order valence-electron chi connectivity index (χ0n) is 12.3. The van der Waals surface area contributed by atoms with E-state index < -0.39 is 5.97 Å². The van der Waals surface area contributed by atoms with Crippen molar-refractivity contribution >= 4 is 11.7 Å². The van der Waals surface area contributed by atoms with Gasteiger partial charge in [0.1, 0.15) is 5.56 Å². The molecule has 0 aliphatic heterocycles. The van der Waals surface area contributed by atoms with E-state index in [1.54, 1.807) is 6.20 Å². The Bertz CT molecular complexity index is 414. The number of carboxylic acid groups (broad SMARTS) is 1. The molecule has 1 heterocycles. The van der Waals surface area contributed by atoms with Crippen LogP contribution in [0.4, 0.5) is 5.69 Å². The van der Waals surface area contributed by atoms with E-state index >= 15 is 0 Å². The van der Waals surface area contributed by atoms with Gasteiger partial charge in [0, 0.05) is 25.0 Å². The van der Waals surface area contributed by atoms with Gasteiger partial charge in [0.05, 0.1) is 5.69 Å². The predicted octanol–water partition coefficient (Wildman–Crippen LogP) is 3.43. The molecule has 0 aromatic carbocycles. The molecule has 19 heavy (non-hydrogen) atoms. The van der Waals surface area contributed by atoms with E-state index in [0.29, 0.717) is 12.0 Å². The van der Waals surface area contributed by atoms with Crippen molar-refractivity contribution in [3.8, 4) is 0 Å². The maximum atomic E-state index is 11.3. The number of carbonyl (C=O) groups is 1. The van der Waals surface area contributed by atoms with Crippen LogP contribution < -0.4 is 4.90 Å². The number of rotatable bonds is 7. The van der Waals surface area contributed by atoms with E-state index in [1.165, 1.54) is 6.20 Å². The maximum Gasteiger partial charge on any atom is 0.339 e. The summed E-state index contributed by atoms with van der Waals surface area (Å²) in [5.74, 6) is -0.432. The lowest BCUT2D eigenvalue weighted by atomic mass is 10.0. The van der Waals surface area contributed by atoms with Crippen molar-refractivity contribution in [2.45, 2.75) is 46.6 Å². The first-order valence-electron chi connectivity index (χ1n) is 6.95. The summed E-state index contributed by atoms with van der Waals surface area (Å²) in [6.45, 7) is 9.44. The van der Waals surface area contributed by atoms with E-state index in [9.17, 15) is 9.90 Å². The average molecular weight is 264 g/mol. The lowest BCUT2D eigenvalue weighted by Crippen LogP contribution is -2.38. The topological polar surface area (TPSA) is 53.4 Å². The molecular formula is C15H24N2O2. The third kappa shape index (κ3) is 3.94. The number of pyridine rings is 1. The molecule has 0 spiro atoms. The van der Waals surface area contributed by atoms with Gasteiger partial charge in [-0.15, -0.1) is 0 Å². The summed E-state index contributed by atoms with van der Waals surface area (Å²) in [4.78, 5) is 17.5. The van der Waals surface area contributed by atoms with Crippen LogP contribution in [-0.2, 0) is 0 Å². The zero-order chi connectivity index (χ0) is 14.4. The molecule has 0 amide bonds. The average Bonchev–Trinajstić information content (AvgIpc) is 2.38. The fraction of sp³-hybridized carbons (Fsp3) is 0.600. The number of aromatic nitrogens is 1. The number of carboxylic acids is 1. The fourth-order valence-electron chi connectivity index (χ4n) is 2.37. The number of aromatic carboxylic acids is 1. The van der Waals surface area contributed by atoms with Crippen molar-refractivity contribution in [3.63, 3.8) is 0 Å². The number of hydrogen-bond acceptors (Lipinski definition) is 3. The van der Waals surface area contributed by atoms with Crippen molar-refractivity contribution < 1.29 is 9.90 Å². The third-order valence-electron chi connectivity index (χ3n) is 3.28. The summed E-state index contributed by atoms with van der Waals surface area (Å²) in [7, 11) is 0. The summed E-state index contributed by atoms with van der Waals surface area (Å²) >= 11 is 0. The van der Waals surface area contributed by atoms with Crippen molar-refractivity contribution in [1.29, 1.82) is 0 Å². The van der Waals surface area contributed by atoms with Gasteiger partial charge >= 0.3 is 5.97 Å². The van der Waals surface area contributed by atoms with Crippen LogP contribution in [0.1, 0.15) is 50.9 Å². The van der Waals surface area contributed by atoms with Gasteiger partial charge in [-0.1, -0.05) is 27.7 Å². The highest BCUT2D eigenvalue weighted by atomic mass is 16.4. The van der Waals surface area contributed by atoms with Crippen molar-refractivity contribution in [1.82, 2.24) is 4.98 Å². The summed E-state index contributed by atoms with van der Waals surface area (Å²) in [5.41, 5.74) is 1.07. The molecule has 0 fully saturated rings. The molecule has 0 aliphatic rings. The Labute approximate surface area is 115 Å². The molecule has 0 radical (unpaired) electrons. The summed E-state index contributed by atoms with van der Waals surface area (Å²) in [5, 5.41) is 9.31. The maximum absolute atomic E-state index is 11.3. The van der Waals surface area contributed by atoms with Crippen molar-refractivity contribution in [3.05, 3.63) is 24.0 Å². The molecule has 0 saturated carbocycles. The Morgan fingerprint density at radius 2 is 2.00 bits per heavy atom. The minimum atomic E-state index is -0.914. The second kappa shape index (κ2) is 7.12. The zero-order valence-corrected chi connectivity index (χ0v) is 12.3. The van der Waals surface area contributed by atoms with E-state index in [2.05, 4.69) is 37.6 Å². The standard InChI is InChI=1S/C15H24N2O2/c1-5-12(6-2)17(10-11(3)4)14-7-8-16-9-13(14)15(18)19/h7-9,11-12H,5-6,10H2,1-4H3,(H,18,19). The second-order valence-electron chi connectivity index (χ2n) is 5.21. The Balaban J connectivity index is 3.20.